The highest BCUT2D eigenvalue weighted by atomic mass is 35.5. The molecule has 0 bridgehead atoms. The van der Waals surface area contributed by atoms with Crippen molar-refractivity contribution in [3.63, 3.8) is 0 Å². The normalized spacial score (nSPS) is 15.3. The quantitative estimate of drug-likeness (QED) is 0.0653. The Morgan fingerprint density at radius 3 is 1.09 bits per heavy atom. The second-order valence-electron chi connectivity index (χ2n) is 30.5. The van der Waals surface area contributed by atoms with E-state index in [-0.39, 0.29) is 46.6 Å². The molecular weight excluding hydrogens is 1790 g/mol. The molecule has 128 heavy (non-hydrogen) atoms. The van der Waals surface area contributed by atoms with Crippen LogP contribution in [0.4, 0.5) is 51.2 Å². The Morgan fingerprint density at radius 2 is 0.727 bits per heavy atom. The van der Waals surface area contributed by atoms with E-state index in [0.29, 0.717) is 157 Å². The Hall–Kier alpha value is -12.6. The lowest BCUT2D eigenvalue weighted by Gasteiger charge is -2.28. The second kappa shape index (κ2) is 40.6. The number of aromatic nitrogens is 4. The number of anilines is 8. The molecule has 4 amide bonds. The van der Waals surface area contributed by atoms with Crippen LogP contribution >= 0.6 is 46.4 Å². The average Bonchev–Trinajstić information content (AvgIpc) is 0.778. The average molecular weight is 1870 g/mol. The maximum atomic E-state index is 12.9. The zero-order chi connectivity index (χ0) is 90.4. The SMILES string of the molecule is Cc1ccc(-c2cc(NC(=O)c3ccc(N4CCCCS4(=O)=O)cc3)ccc2Cl)nc1.Cc1ccnc(-c2cc(NC(=O)c3ccc(N4CCCCS4(=O)=O)cc3)ccc2Cl)c1.O=C(Nc1cc(Cl)cc(-c2nccc3ccccc23)c1)c1ccc(N2CCCCS2(=O)=O)cc1.[C-]#[N+]c1ccc(-c2cc(NC(=O)c3ccc(N4CCCCS4(=O)=O)cc3)ccc2Cl)nc1. The maximum Gasteiger partial charge on any atom is 0.255 e. The Balaban J connectivity index is 0.000000138. The van der Waals surface area contributed by atoms with Gasteiger partial charge in [0.15, 0.2) is 0 Å². The van der Waals surface area contributed by atoms with Gasteiger partial charge in [-0.1, -0.05) is 82.8 Å². The van der Waals surface area contributed by atoms with Crippen LogP contribution < -0.4 is 38.5 Å². The van der Waals surface area contributed by atoms with Gasteiger partial charge in [0.25, 0.3) is 23.6 Å². The molecule has 4 fully saturated rings. The van der Waals surface area contributed by atoms with Crippen molar-refractivity contribution >= 4 is 172 Å². The Kier molecular flexibility index (Phi) is 29.0. The van der Waals surface area contributed by atoms with E-state index < -0.39 is 40.1 Å². The van der Waals surface area contributed by atoms with E-state index >= 15 is 0 Å². The fourth-order valence-corrected chi connectivity index (χ4v) is 22.1. The summed E-state index contributed by atoms with van der Waals surface area (Å²) in [5, 5.41) is 15.5. The van der Waals surface area contributed by atoms with Gasteiger partial charge in [-0.25, -0.2) is 38.5 Å². The molecule has 0 saturated carbocycles. The number of benzene rings is 9. The van der Waals surface area contributed by atoms with Crippen molar-refractivity contribution in [1.29, 1.82) is 0 Å². The number of rotatable bonds is 16. The summed E-state index contributed by atoms with van der Waals surface area (Å²) in [5.74, 6) is -0.624. The zero-order valence-electron chi connectivity index (χ0n) is 69.2. The third-order valence-electron chi connectivity index (χ3n) is 21.4. The van der Waals surface area contributed by atoms with Crippen molar-refractivity contribution in [2.45, 2.75) is 65.2 Å². The Bertz CT molecular complexity index is 6860. The summed E-state index contributed by atoms with van der Waals surface area (Å²) in [6, 6.07) is 68.1. The summed E-state index contributed by atoms with van der Waals surface area (Å²) in [4.78, 5) is 71.9. The summed E-state index contributed by atoms with van der Waals surface area (Å²) in [7, 11) is -13.2. The van der Waals surface area contributed by atoms with Crippen LogP contribution in [-0.4, -0.2) is 126 Å². The highest BCUT2D eigenvalue weighted by molar-refractivity contribution is 7.93. The van der Waals surface area contributed by atoms with Crippen LogP contribution in [0.2, 0.25) is 20.1 Å². The van der Waals surface area contributed by atoms with Crippen molar-refractivity contribution in [3.8, 4) is 45.0 Å². The molecule has 17 rings (SSSR count). The first-order valence-electron chi connectivity index (χ1n) is 40.9. The van der Waals surface area contributed by atoms with E-state index in [4.69, 9.17) is 53.0 Å². The molecule has 0 atom stereocenters. The van der Waals surface area contributed by atoms with Gasteiger partial charge in [0.1, 0.15) is 0 Å². The number of hydrogen-bond donors (Lipinski definition) is 4. The molecule has 4 saturated heterocycles. The zero-order valence-corrected chi connectivity index (χ0v) is 75.5. The van der Waals surface area contributed by atoms with Crippen LogP contribution in [-0.2, 0) is 40.1 Å². The molecule has 8 heterocycles. The summed E-state index contributed by atoms with van der Waals surface area (Å²) < 4.78 is 104. The number of aryl methyl sites for hydroxylation is 2. The van der Waals surface area contributed by atoms with E-state index in [2.05, 4.69) is 46.0 Å². The molecule has 4 aliphatic heterocycles. The van der Waals surface area contributed by atoms with Crippen molar-refractivity contribution in [1.82, 2.24) is 19.9 Å². The number of pyridine rings is 4. The van der Waals surface area contributed by atoms with Crippen molar-refractivity contribution < 1.29 is 52.8 Å². The first-order chi connectivity index (χ1) is 61.4. The number of nitrogens with zero attached hydrogens (tertiary/aromatic N) is 9. The molecule has 33 heteroatoms. The number of nitrogens with one attached hydrogen (secondary N) is 4. The molecule has 0 spiro atoms. The van der Waals surface area contributed by atoms with Gasteiger partial charge in [0.05, 0.1) is 90.2 Å². The number of amides is 4. The molecule has 654 valence electrons. The van der Waals surface area contributed by atoms with Crippen LogP contribution in [0.25, 0.3) is 60.6 Å². The van der Waals surface area contributed by atoms with E-state index in [0.717, 1.165) is 81.4 Å². The number of sulfonamides is 4. The molecular formula is C95H85Cl4N13O12S4. The molecule has 9 aromatic carbocycles. The molecule has 0 unspecified atom stereocenters. The summed E-state index contributed by atoms with van der Waals surface area (Å²) in [6.45, 7) is 12.8. The number of hydrogen-bond acceptors (Lipinski definition) is 16. The first kappa shape index (κ1) is 91.6. The summed E-state index contributed by atoms with van der Waals surface area (Å²) in [5.41, 5.74) is 14.5. The van der Waals surface area contributed by atoms with Crippen molar-refractivity contribution in [2.75, 3.05) is 87.7 Å². The van der Waals surface area contributed by atoms with E-state index in [9.17, 15) is 52.8 Å². The highest BCUT2D eigenvalue weighted by Crippen LogP contribution is 2.38. The van der Waals surface area contributed by atoms with E-state index in [1.807, 2.05) is 80.6 Å². The van der Waals surface area contributed by atoms with Gasteiger partial charge in [0.2, 0.25) is 45.8 Å². The third kappa shape index (κ3) is 22.7. The maximum absolute atomic E-state index is 12.9. The molecule has 4 aromatic heterocycles. The van der Waals surface area contributed by atoms with Crippen LogP contribution in [0.15, 0.2) is 261 Å². The summed E-state index contributed by atoms with van der Waals surface area (Å²) >= 11 is 25.4. The topological polar surface area (TPSA) is 322 Å². The summed E-state index contributed by atoms with van der Waals surface area (Å²) in [6.07, 6.45) is 12.7. The fourth-order valence-electron chi connectivity index (χ4n) is 14.7. The predicted molar refractivity (Wildman–Crippen MR) is 511 cm³/mol. The molecule has 0 aliphatic carbocycles. The van der Waals surface area contributed by atoms with Crippen molar-refractivity contribution in [2.24, 2.45) is 0 Å². The molecule has 4 N–H and O–H groups in total. The Labute approximate surface area is 763 Å². The molecule has 0 radical (unpaired) electrons. The van der Waals surface area contributed by atoms with E-state index in [1.165, 1.54) is 23.4 Å². The Morgan fingerprint density at radius 1 is 0.352 bits per heavy atom. The number of halogens is 4. The molecule has 13 aromatic rings. The van der Waals surface area contributed by atoms with Gasteiger partial charge in [-0.05, 0) is 282 Å². The van der Waals surface area contributed by atoms with Gasteiger partial charge >= 0.3 is 0 Å². The monoisotopic (exact) mass is 1870 g/mol. The van der Waals surface area contributed by atoms with Crippen LogP contribution in [0.1, 0.15) is 104 Å². The second-order valence-corrected chi connectivity index (χ2v) is 40.2. The van der Waals surface area contributed by atoms with Gasteiger partial charge in [-0.3, -0.25) is 56.3 Å². The molecule has 4 aliphatic rings. The van der Waals surface area contributed by atoms with Gasteiger partial charge in [0, 0.05) is 129 Å². The minimum absolute atomic E-state index is 0.142. The number of carbonyl (C=O) groups is 4. The minimum atomic E-state index is -3.30. The largest absolute Gasteiger partial charge is 0.322 e. The van der Waals surface area contributed by atoms with E-state index in [1.54, 1.807) is 188 Å². The third-order valence-corrected chi connectivity index (χ3v) is 30.1. The number of carbonyl (C=O) groups excluding carboxylic acids is 4. The van der Waals surface area contributed by atoms with Gasteiger partial charge in [-0.15, -0.1) is 0 Å². The van der Waals surface area contributed by atoms with Crippen LogP contribution in [0, 0.1) is 20.4 Å². The van der Waals surface area contributed by atoms with Gasteiger partial charge < -0.3 is 21.3 Å². The van der Waals surface area contributed by atoms with Crippen LogP contribution in [0.5, 0.6) is 0 Å². The lowest BCUT2D eigenvalue weighted by Crippen LogP contribution is -2.37. The lowest BCUT2D eigenvalue weighted by molar-refractivity contribution is 0.101. The standard InChI is InChI=1S/C26H22ClN3O3S.C23H19ClN4O3S.2C23H22ClN3O3S/c27-21-15-20(25-24-6-2-1-5-18(24)11-12-28-25)16-22(17-21)29-26(31)19-7-9-23(10-8-19)30-13-3-4-14-34(30,32)33;1-25-18-7-11-22(26-15-18)20-14-17(6-10-21(20)24)27-23(29)16-4-8-19(9-5-16)28-12-2-3-13-32(28,30)31;1-16-4-11-22(25-15-16)20-14-18(7-10-21(20)24)26-23(28)17-5-8-19(9-6-17)27-12-2-3-13-31(27,29)30;1-16-10-11-25-22(14-16)20-15-18(6-9-21(20)24)26-23(28)17-4-7-19(8-5-17)27-12-2-3-13-31(27,29)30/h1-2,5-12,15-17H,3-4,13-14H2,(H,29,31);4-11,14-15H,2-3,12-13H2,(H,27,29);2*4-11,14-15H,2-3,12-13H2,1H3,(H,26,28). The minimum Gasteiger partial charge on any atom is -0.322 e. The first-order valence-corrected chi connectivity index (χ1v) is 48.8. The predicted octanol–water partition coefficient (Wildman–Crippen LogP) is 20.7. The lowest BCUT2D eigenvalue weighted by atomic mass is 10.0. The van der Waals surface area contributed by atoms with Gasteiger partial charge in [-0.2, -0.15) is 0 Å². The number of fused-ring (bicyclic) bond motifs is 1. The highest BCUT2D eigenvalue weighted by Gasteiger charge is 2.31. The smallest absolute Gasteiger partial charge is 0.255 e. The molecule has 25 nitrogen and oxygen atoms in total. The van der Waals surface area contributed by atoms with Crippen molar-refractivity contribution in [3.05, 3.63) is 326 Å². The fraction of sp³-hybridized carbons (Fsp3) is 0.189. The van der Waals surface area contributed by atoms with Crippen LogP contribution in [0.3, 0.4) is 0 Å².